The Hall–Kier alpha value is -1.99. The number of benzene rings is 1. The fourth-order valence-electron chi connectivity index (χ4n) is 2.96. The van der Waals surface area contributed by atoms with E-state index in [1.165, 1.54) is 24.3 Å². The summed E-state index contributed by atoms with van der Waals surface area (Å²) >= 11 is 0. The molecule has 1 aromatic carbocycles. The molecule has 1 fully saturated rings. The highest BCUT2D eigenvalue weighted by Crippen LogP contribution is 2.29. The number of carbonyl (C=O) groups is 1. The minimum atomic E-state index is -0.608. The summed E-state index contributed by atoms with van der Waals surface area (Å²) in [5.74, 6) is -0.149. The van der Waals surface area contributed by atoms with Gasteiger partial charge < -0.3 is 15.3 Å². The van der Waals surface area contributed by atoms with Crippen molar-refractivity contribution in [2.24, 2.45) is 0 Å². The molecule has 1 aliphatic carbocycles. The maximum Gasteiger partial charge on any atom is 0.269 e. The number of anilines is 1. The summed E-state index contributed by atoms with van der Waals surface area (Å²) < 4.78 is 0. The number of rotatable bonds is 7. The van der Waals surface area contributed by atoms with E-state index in [2.05, 4.69) is 5.32 Å². The minimum Gasteiger partial charge on any atom is -0.389 e. The van der Waals surface area contributed by atoms with E-state index >= 15 is 0 Å². The van der Waals surface area contributed by atoms with Crippen LogP contribution in [0.15, 0.2) is 24.3 Å². The third kappa shape index (κ3) is 5.30. The van der Waals surface area contributed by atoms with E-state index in [0.717, 1.165) is 25.7 Å². The molecule has 0 saturated heterocycles. The second-order valence-electron chi connectivity index (χ2n) is 6.27. The van der Waals surface area contributed by atoms with Crippen LogP contribution in [0.2, 0.25) is 0 Å². The highest BCUT2D eigenvalue weighted by atomic mass is 16.6. The summed E-state index contributed by atoms with van der Waals surface area (Å²) in [4.78, 5) is 24.0. The second-order valence-corrected chi connectivity index (χ2v) is 6.27. The van der Waals surface area contributed by atoms with Crippen LogP contribution in [0, 0.1) is 10.1 Å². The molecule has 1 aliphatic rings. The van der Waals surface area contributed by atoms with Crippen molar-refractivity contribution in [3.63, 3.8) is 0 Å². The fraction of sp³-hybridized carbons (Fsp3) is 0.562. The van der Waals surface area contributed by atoms with Gasteiger partial charge in [0.05, 0.1) is 10.5 Å². The van der Waals surface area contributed by atoms with Gasteiger partial charge in [-0.05, 0) is 32.0 Å². The Balaban J connectivity index is 1.75. The van der Waals surface area contributed by atoms with Crippen LogP contribution in [-0.4, -0.2) is 46.6 Å². The summed E-state index contributed by atoms with van der Waals surface area (Å²) in [6.07, 6.45) is 4.08. The van der Waals surface area contributed by atoms with Gasteiger partial charge in [0.15, 0.2) is 0 Å². The Morgan fingerprint density at radius 2 is 1.96 bits per heavy atom. The van der Waals surface area contributed by atoms with E-state index in [-0.39, 0.29) is 11.6 Å². The Labute approximate surface area is 135 Å². The number of carbonyl (C=O) groups excluding carboxylic acids is 1. The first-order valence-corrected chi connectivity index (χ1v) is 7.83. The zero-order valence-corrected chi connectivity index (χ0v) is 13.3. The number of nitrogens with one attached hydrogen (secondary N) is 1. The maximum atomic E-state index is 11.9. The van der Waals surface area contributed by atoms with Crippen molar-refractivity contribution in [3.05, 3.63) is 34.4 Å². The Morgan fingerprint density at radius 1 is 1.35 bits per heavy atom. The molecule has 2 rings (SSSR count). The standard InChI is InChI=1S/C16H23N3O4/c1-18(12-16(21)9-2-3-10-16)11-8-15(20)17-13-4-6-14(7-5-13)19(22)23/h4-7,21H,2-3,8-12H2,1H3,(H,17,20). The van der Waals surface area contributed by atoms with Gasteiger partial charge in [-0.3, -0.25) is 14.9 Å². The Kier molecular flexibility index (Phi) is 5.68. The van der Waals surface area contributed by atoms with Crippen molar-refractivity contribution in [1.82, 2.24) is 4.90 Å². The third-order valence-electron chi connectivity index (χ3n) is 4.18. The molecule has 1 saturated carbocycles. The van der Waals surface area contributed by atoms with E-state index in [9.17, 15) is 20.0 Å². The quantitative estimate of drug-likeness (QED) is 0.592. The van der Waals surface area contributed by atoms with Crippen LogP contribution in [0.1, 0.15) is 32.1 Å². The van der Waals surface area contributed by atoms with Crippen LogP contribution in [0.25, 0.3) is 0 Å². The van der Waals surface area contributed by atoms with Gasteiger partial charge in [-0.25, -0.2) is 0 Å². The molecule has 0 aromatic heterocycles. The average molecular weight is 321 g/mol. The SMILES string of the molecule is CN(CCC(=O)Nc1ccc([N+](=O)[O-])cc1)CC1(O)CCCC1. The number of nitrogens with zero attached hydrogens (tertiary/aromatic N) is 2. The predicted octanol–water partition coefficient (Wildman–Crippen LogP) is 2.16. The molecule has 2 N–H and O–H groups in total. The lowest BCUT2D eigenvalue weighted by Crippen LogP contribution is -2.40. The van der Waals surface area contributed by atoms with Crippen LogP contribution in [0.5, 0.6) is 0 Å². The molecular formula is C16H23N3O4. The summed E-state index contributed by atoms with van der Waals surface area (Å²) in [6.45, 7) is 1.14. The lowest BCUT2D eigenvalue weighted by atomic mass is 10.0. The van der Waals surface area contributed by atoms with Crippen molar-refractivity contribution in [2.75, 3.05) is 25.5 Å². The molecule has 0 aliphatic heterocycles. The van der Waals surface area contributed by atoms with Crippen LogP contribution >= 0.6 is 0 Å². The Morgan fingerprint density at radius 3 is 2.52 bits per heavy atom. The molecule has 0 bridgehead atoms. The Bertz CT molecular complexity index is 553. The van der Waals surface area contributed by atoms with Gasteiger partial charge in [0.25, 0.3) is 5.69 Å². The van der Waals surface area contributed by atoms with Crippen molar-refractivity contribution >= 4 is 17.3 Å². The number of hydrogen-bond donors (Lipinski definition) is 2. The first kappa shape index (κ1) is 17.4. The van der Waals surface area contributed by atoms with Crippen molar-refractivity contribution in [3.8, 4) is 0 Å². The summed E-state index contributed by atoms with van der Waals surface area (Å²) in [7, 11) is 1.90. The molecule has 126 valence electrons. The zero-order valence-electron chi connectivity index (χ0n) is 13.3. The highest BCUT2D eigenvalue weighted by Gasteiger charge is 2.32. The summed E-state index contributed by atoms with van der Waals surface area (Å²) in [6, 6.07) is 5.75. The van der Waals surface area contributed by atoms with Crippen LogP contribution in [0.4, 0.5) is 11.4 Å². The van der Waals surface area contributed by atoms with E-state index in [1.54, 1.807) is 0 Å². The topological polar surface area (TPSA) is 95.7 Å². The van der Waals surface area contributed by atoms with Gasteiger partial charge >= 0.3 is 0 Å². The van der Waals surface area contributed by atoms with Gasteiger partial charge in [-0.1, -0.05) is 12.8 Å². The van der Waals surface area contributed by atoms with Gasteiger partial charge in [0.2, 0.25) is 5.91 Å². The summed E-state index contributed by atoms with van der Waals surface area (Å²) in [5.41, 5.74) is -0.0749. The van der Waals surface area contributed by atoms with Crippen molar-refractivity contribution in [1.29, 1.82) is 0 Å². The van der Waals surface area contributed by atoms with E-state index < -0.39 is 10.5 Å². The van der Waals surface area contributed by atoms with Gasteiger partial charge in [-0.15, -0.1) is 0 Å². The smallest absolute Gasteiger partial charge is 0.269 e. The molecular weight excluding hydrogens is 298 g/mol. The van der Waals surface area contributed by atoms with E-state index in [0.29, 0.717) is 25.2 Å². The van der Waals surface area contributed by atoms with Crippen LogP contribution < -0.4 is 5.32 Å². The lowest BCUT2D eigenvalue weighted by Gasteiger charge is -2.28. The van der Waals surface area contributed by atoms with Gasteiger partial charge in [0, 0.05) is 37.3 Å². The number of non-ortho nitro benzene ring substituents is 1. The first-order valence-electron chi connectivity index (χ1n) is 7.83. The van der Waals surface area contributed by atoms with Gasteiger partial charge in [0.1, 0.15) is 0 Å². The lowest BCUT2D eigenvalue weighted by molar-refractivity contribution is -0.384. The second kappa shape index (κ2) is 7.52. The average Bonchev–Trinajstić information content (AvgIpc) is 2.92. The minimum absolute atomic E-state index is 0.00691. The monoisotopic (exact) mass is 321 g/mol. The number of amides is 1. The number of likely N-dealkylation sites (N-methyl/N-ethyl adjacent to an activating group) is 1. The summed E-state index contributed by atoms with van der Waals surface area (Å²) in [5, 5.41) is 23.6. The molecule has 1 amide bonds. The number of hydrogen-bond acceptors (Lipinski definition) is 5. The molecule has 7 heteroatoms. The van der Waals surface area contributed by atoms with Gasteiger partial charge in [-0.2, -0.15) is 0 Å². The molecule has 7 nitrogen and oxygen atoms in total. The number of nitro benzene ring substituents is 1. The van der Waals surface area contributed by atoms with Crippen molar-refractivity contribution in [2.45, 2.75) is 37.7 Å². The molecule has 0 atom stereocenters. The molecule has 0 unspecified atom stereocenters. The largest absolute Gasteiger partial charge is 0.389 e. The number of nitro groups is 1. The normalized spacial score (nSPS) is 16.5. The van der Waals surface area contributed by atoms with Crippen molar-refractivity contribution < 1.29 is 14.8 Å². The molecule has 23 heavy (non-hydrogen) atoms. The van der Waals surface area contributed by atoms with E-state index in [1.807, 2.05) is 11.9 Å². The zero-order chi connectivity index (χ0) is 16.9. The van der Waals surface area contributed by atoms with E-state index in [4.69, 9.17) is 0 Å². The predicted molar refractivity (Wildman–Crippen MR) is 87.3 cm³/mol. The molecule has 0 heterocycles. The molecule has 0 radical (unpaired) electrons. The fourth-order valence-corrected chi connectivity index (χ4v) is 2.96. The van der Waals surface area contributed by atoms with Crippen LogP contribution in [0.3, 0.4) is 0 Å². The highest BCUT2D eigenvalue weighted by molar-refractivity contribution is 5.90. The molecule has 1 aromatic rings. The first-order chi connectivity index (χ1) is 10.9. The maximum absolute atomic E-state index is 11.9. The third-order valence-corrected chi connectivity index (χ3v) is 4.18. The van der Waals surface area contributed by atoms with Crippen LogP contribution in [-0.2, 0) is 4.79 Å². The molecule has 0 spiro atoms. The number of aliphatic hydroxyl groups is 1.